The van der Waals surface area contributed by atoms with Crippen molar-refractivity contribution in [3.8, 4) is 0 Å². The lowest BCUT2D eigenvalue weighted by Crippen LogP contribution is -2.60. The third kappa shape index (κ3) is 2.98. The Balaban J connectivity index is 2.03. The highest BCUT2D eigenvalue weighted by Crippen LogP contribution is 2.31. The van der Waals surface area contributed by atoms with E-state index in [1.165, 1.54) is 0 Å². The van der Waals surface area contributed by atoms with Crippen LogP contribution in [0, 0.1) is 0 Å². The van der Waals surface area contributed by atoms with E-state index in [-0.39, 0.29) is 4.05 Å². The normalized spacial score (nSPS) is 25.6. The number of sulfonamides is 1. The van der Waals surface area contributed by atoms with Gasteiger partial charge in [-0.15, -0.1) is 0 Å². The summed E-state index contributed by atoms with van der Waals surface area (Å²) >= 11 is 5.48. The zero-order valence-electron chi connectivity index (χ0n) is 8.75. The second-order valence-electron chi connectivity index (χ2n) is 3.88. The number of halogens is 2. The van der Waals surface area contributed by atoms with Crippen LogP contribution in [0.15, 0.2) is 22.9 Å². The van der Waals surface area contributed by atoms with Crippen molar-refractivity contribution in [2.75, 3.05) is 6.54 Å². The van der Waals surface area contributed by atoms with Gasteiger partial charge in [-0.1, -0.05) is 28.7 Å². The molecular weight excluding hydrogens is 421 g/mol. The van der Waals surface area contributed by atoms with Crippen LogP contribution in [0.2, 0.25) is 0 Å². The average molecular weight is 432 g/mol. The highest BCUT2D eigenvalue weighted by molar-refractivity contribution is 14.1. The van der Waals surface area contributed by atoms with Crippen LogP contribution in [0.4, 0.5) is 0 Å². The number of rotatable bonds is 3. The third-order valence-corrected chi connectivity index (χ3v) is 6.81. The van der Waals surface area contributed by atoms with Gasteiger partial charge in [0.05, 0.1) is 4.05 Å². The van der Waals surface area contributed by atoms with Crippen LogP contribution in [0.1, 0.15) is 5.56 Å². The van der Waals surface area contributed by atoms with E-state index < -0.39 is 15.3 Å². The van der Waals surface area contributed by atoms with Gasteiger partial charge in [-0.25, -0.2) is 18.5 Å². The molecule has 2 heterocycles. The van der Waals surface area contributed by atoms with Gasteiger partial charge in [0, 0.05) is 19.3 Å². The van der Waals surface area contributed by atoms with Crippen molar-refractivity contribution in [2.24, 2.45) is 5.14 Å². The van der Waals surface area contributed by atoms with Crippen LogP contribution in [0.3, 0.4) is 0 Å². The van der Waals surface area contributed by atoms with Crippen molar-refractivity contribution in [3.63, 3.8) is 0 Å². The van der Waals surface area contributed by atoms with E-state index in [0.29, 0.717) is 13.1 Å². The molecule has 0 aromatic carbocycles. The first-order chi connectivity index (χ1) is 7.89. The number of likely N-dealkylation sites (tertiary alicyclic amines) is 1. The molecule has 8 heteroatoms. The molecule has 94 valence electrons. The Morgan fingerprint density at radius 3 is 2.88 bits per heavy atom. The van der Waals surface area contributed by atoms with Gasteiger partial charge >= 0.3 is 0 Å². The van der Waals surface area contributed by atoms with Gasteiger partial charge in [0.2, 0.25) is 10.0 Å². The van der Waals surface area contributed by atoms with Crippen molar-refractivity contribution < 1.29 is 8.42 Å². The summed E-state index contributed by atoms with van der Waals surface area (Å²) in [6.45, 7) is 1.15. The van der Waals surface area contributed by atoms with E-state index in [1.54, 1.807) is 6.20 Å². The van der Waals surface area contributed by atoms with Crippen LogP contribution in [0.25, 0.3) is 0 Å². The number of pyridine rings is 1. The molecule has 5 nitrogen and oxygen atoms in total. The van der Waals surface area contributed by atoms with Crippen molar-refractivity contribution in [3.05, 3.63) is 28.5 Å². The maximum absolute atomic E-state index is 11.2. The number of nitrogens with two attached hydrogens (primary N) is 1. The lowest BCUT2D eigenvalue weighted by Gasteiger charge is -2.43. The first-order valence-electron chi connectivity index (χ1n) is 4.88. The maximum atomic E-state index is 11.2. The van der Waals surface area contributed by atoms with Gasteiger partial charge in [-0.2, -0.15) is 0 Å². The molecule has 1 fully saturated rings. The van der Waals surface area contributed by atoms with Gasteiger partial charge < -0.3 is 0 Å². The fourth-order valence-corrected chi connectivity index (χ4v) is 4.82. The Morgan fingerprint density at radius 2 is 2.35 bits per heavy atom. The summed E-state index contributed by atoms with van der Waals surface area (Å²) in [5.41, 5.74) is 1.04. The van der Waals surface area contributed by atoms with Crippen molar-refractivity contribution >= 4 is 48.5 Å². The second kappa shape index (κ2) is 5.08. The summed E-state index contributed by atoms with van der Waals surface area (Å²) in [6, 6.07) is 3.82. The summed E-state index contributed by atoms with van der Waals surface area (Å²) in [7, 11) is -3.43. The standard InChI is InChI=1S/C9H11BrIN3O2S/c10-8-6(2-1-3-13-8)4-14-5-7(9(14)11)17(12,15)16/h1-3,7,9H,4-5H2,(H2,12,15,16). The highest BCUT2D eigenvalue weighted by Gasteiger charge is 2.43. The molecular formula is C9H11BrIN3O2S. The zero-order valence-corrected chi connectivity index (χ0v) is 13.3. The molecule has 0 bridgehead atoms. The molecule has 1 aliphatic rings. The van der Waals surface area contributed by atoms with Gasteiger partial charge in [-0.3, -0.25) is 4.90 Å². The topological polar surface area (TPSA) is 76.3 Å². The first-order valence-corrected chi connectivity index (χ1v) is 8.53. The Morgan fingerprint density at radius 1 is 1.65 bits per heavy atom. The summed E-state index contributed by atoms with van der Waals surface area (Å²) in [4.78, 5) is 6.18. The number of alkyl halides is 1. The molecule has 2 unspecified atom stereocenters. The van der Waals surface area contributed by atoms with Crippen LogP contribution in [-0.4, -0.2) is 34.1 Å². The van der Waals surface area contributed by atoms with E-state index in [2.05, 4.69) is 48.4 Å². The monoisotopic (exact) mass is 431 g/mol. The van der Waals surface area contributed by atoms with Gasteiger partial charge in [0.25, 0.3) is 0 Å². The Kier molecular flexibility index (Phi) is 4.08. The number of aromatic nitrogens is 1. The SMILES string of the molecule is NS(=O)(=O)C1CN(Cc2cccnc2Br)C1I. The Hall–Kier alpha value is 0.230. The van der Waals surface area contributed by atoms with Gasteiger partial charge in [0.1, 0.15) is 9.85 Å². The molecule has 2 N–H and O–H groups in total. The van der Waals surface area contributed by atoms with Crippen molar-refractivity contribution in [2.45, 2.75) is 15.8 Å². The van der Waals surface area contributed by atoms with E-state index in [1.807, 2.05) is 12.1 Å². The van der Waals surface area contributed by atoms with Crippen LogP contribution in [0.5, 0.6) is 0 Å². The largest absolute Gasteiger partial charge is 0.285 e. The average Bonchev–Trinajstić information content (AvgIpc) is 2.23. The molecule has 1 aliphatic heterocycles. The number of primary sulfonamides is 1. The summed E-state index contributed by atoms with van der Waals surface area (Å²) in [5.74, 6) is 0. The summed E-state index contributed by atoms with van der Waals surface area (Å²) in [5, 5.41) is 4.68. The van der Waals surface area contributed by atoms with E-state index in [9.17, 15) is 8.42 Å². The lowest BCUT2D eigenvalue weighted by atomic mass is 10.1. The van der Waals surface area contributed by atoms with Crippen molar-refractivity contribution in [1.29, 1.82) is 0 Å². The third-order valence-electron chi connectivity index (χ3n) is 2.70. The van der Waals surface area contributed by atoms with E-state index in [0.717, 1.165) is 10.2 Å². The minimum Gasteiger partial charge on any atom is -0.285 e. The lowest BCUT2D eigenvalue weighted by molar-refractivity contribution is 0.161. The molecule has 0 amide bonds. The number of hydrogen-bond donors (Lipinski definition) is 1. The highest BCUT2D eigenvalue weighted by atomic mass is 127. The molecule has 0 saturated carbocycles. The van der Waals surface area contributed by atoms with Gasteiger partial charge in [0.15, 0.2) is 0 Å². The molecule has 17 heavy (non-hydrogen) atoms. The fourth-order valence-electron chi connectivity index (χ4n) is 1.68. The zero-order chi connectivity index (χ0) is 12.6. The summed E-state index contributed by atoms with van der Waals surface area (Å²) in [6.07, 6.45) is 1.71. The number of hydrogen-bond acceptors (Lipinski definition) is 4. The molecule has 2 atom stereocenters. The molecule has 2 rings (SSSR count). The Bertz CT molecular complexity index is 525. The molecule has 1 saturated heterocycles. The smallest absolute Gasteiger partial charge is 0.215 e. The quantitative estimate of drug-likeness (QED) is 0.336. The van der Waals surface area contributed by atoms with E-state index >= 15 is 0 Å². The molecule has 1 aromatic rings. The second-order valence-corrected chi connectivity index (χ2v) is 7.69. The Labute approximate surface area is 122 Å². The molecule has 0 radical (unpaired) electrons. The van der Waals surface area contributed by atoms with Crippen LogP contribution >= 0.6 is 38.5 Å². The van der Waals surface area contributed by atoms with Gasteiger partial charge in [-0.05, 0) is 27.6 Å². The predicted octanol–water partition coefficient (Wildman–Crippen LogP) is 1.08. The minimum absolute atomic E-state index is 0.0743. The number of nitrogens with zero attached hydrogens (tertiary/aromatic N) is 2. The molecule has 0 aliphatic carbocycles. The minimum atomic E-state index is -3.43. The van der Waals surface area contributed by atoms with Crippen LogP contribution in [-0.2, 0) is 16.6 Å². The fraction of sp³-hybridized carbons (Fsp3) is 0.444. The van der Waals surface area contributed by atoms with Crippen molar-refractivity contribution in [1.82, 2.24) is 9.88 Å². The maximum Gasteiger partial charge on any atom is 0.215 e. The first kappa shape index (κ1) is 13.7. The predicted molar refractivity (Wildman–Crippen MR) is 77.1 cm³/mol. The molecule has 1 aromatic heterocycles. The molecule has 0 spiro atoms. The van der Waals surface area contributed by atoms with Crippen LogP contribution < -0.4 is 5.14 Å². The summed E-state index contributed by atoms with van der Waals surface area (Å²) < 4.78 is 23.1. The van der Waals surface area contributed by atoms with E-state index in [4.69, 9.17) is 5.14 Å².